The second-order valence-electron chi connectivity index (χ2n) is 6.02. The Hall–Kier alpha value is -2.02. The summed E-state index contributed by atoms with van der Waals surface area (Å²) in [6.45, 7) is 2.58. The van der Waals surface area contributed by atoms with Crippen molar-refractivity contribution in [3.05, 3.63) is 48.2 Å². The smallest absolute Gasteiger partial charge is 0.218 e. The number of aliphatic hydroxyl groups excluding tert-OH is 1. The maximum atomic E-state index is 12.5. The largest absolute Gasteiger partial charge is 0.482 e. The SMILES string of the molecule is CCC(=O)[C@]1(CO)OC=C[C@](O)(C(=O)CC)[C@H]1OCc1ccccc1. The summed E-state index contributed by atoms with van der Waals surface area (Å²) in [4.78, 5) is 24.9. The number of ketones is 2. The van der Waals surface area contributed by atoms with Crippen molar-refractivity contribution in [2.24, 2.45) is 0 Å². The first-order valence-electron chi connectivity index (χ1n) is 8.35. The van der Waals surface area contributed by atoms with Crippen molar-refractivity contribution in [3.63, 3.8) is 0 Å². The van der Waals surface area contributed by atoms with Crippen LogP contribution in [-0.2, 0) is 25.7 Å². The van der Waals surface area contributed by atoms with Crippen molar-refractivity contribution in [3.8, 4) is 0 Å². The highest BCUT2D eigenvalue weighted by atomic mass is 16.6. The Morgan fingerprint density at radius 1 is 1.16 bits per heavy atom. The van der Waals surface area contributed by atoms with E-state index in [-0.39, 0.29) is 19.4 Å². The summed E-state index contributed by atoms with van der Waals surface area (Å²) in [6, 6.07) is 9.15. The zero-order valence-electron chi connectivity index (χ0n) is 14.5. The van der Waals surface area contributed by atoms with Crippen molar-refractivity contribution < 1.29 is 29.3 Å². The first-order chi connectivity index (χ1) is 11.9. The molecular weight excluding hydrogens is 324 g/mol. The van der Waals surface area contributed by atoms with Crippen LogP contribution in [0.15, 0.2) is 42.7 Å². The first-order valence-corrected chi connectivity index (χ1v) is 8.35. The second-order valence-corrected chi connectivity index (χ2v) is 6.02. The molecule has 0 fully saturated rings. The summed E-state index contributed by atoms with van der Waals surface area (Å²) in [7, 11) is 0. The van der Waals surface area contributed by atoms with Crippen LogP contribution in [0.2, 0.25) is 0 Å². The maximum absolute atomic E-state index is 12.5. The van der Waals surface area contributed by atoms with Gasteiger partial charge in [-0.25, -0.2) is 0 Å². The second kappa shape index (κ2) is 7.91. The van der Waals surface area contributed by atoms with E-state index in [9.17, 15) is 19.8 Å². The van der Waals surface area contributed by atoms with E-state index in [0.29, 0.717) is 0 Å². The van der Waals surface area contributed by atoms with Crippen LogP contribution in [0.25, 0.3) is 0 Å². The van der Waals surface area contributed by atoms with Gasteiger partial charge in [-0.1, -0.05) is 44.2 Å². The van der Waals surface area contributed by atoms with Gasteiger partial charge in [-0.3, -0.25) is 9.59 Å². The number of carbonyl (C=O) groups excluding carboxylic acids is 2. The molecule has 1 heterocycles. The van der Waals surface area contributed by atoms with Crippen molar-refractivity contribution >= 4 is 11.6 Å². The number of Topliss-reactive ketones (excluding diaryl/α,β-unsaturated/α-hetero) is 2. The van der Waals surface area contributed by atoms with Crippen LogP contribution in [0.3, 0.4) is 0 Å². The minimum absolute atomic E-state index is 0.0495. The van der Waals surface area contributed by atoms with Crippen LogP contribution < -0.4 is 0 Å². The molecule has 2 rings (SSSR count). The van der Waals surface area contributed by atoms with Crippen molar-refractivity contribution in [1.82, 2.24) is 0 Å². The molecule has 0 aromatic heterocycles. The Labute approximate surface area is 147 Å². The highest BCUT2D eigenvalue weighted by molar-refractivity contribution is 5.94. The van der Waals surface area contributed by atoms with Crippen LogP contribution in [0.4, 0.5) is 0 Å². The van der Waals surface area contributed by atoms with Crippen molar-refractivity contribution in [2.45, 2.75) is 50.6 Å². The molecule has 1 aromatic rings. The van der Waals surface area contributed by atoms with E-state index in [2.05, 4.69) is 0 Å². The first kappa shape index (κ1) is 19.3. The lowest BCUT2D eigenvalue weighted by Gasteiger charge is -2.46. The van der Waals surface area contributed by atoms with E-state index < -0.39 is 35.5 Å². The molecule has 0 spiro atoms. The summed E-state index contributed by atoms with van der Waals surface area (Å²) in [5.41, 5.74) is -3.06. The number of hydrogen-bond acceptors (Lipinski definition) is 6. The number of aliphatic hydroxyl groups is 2. The van der Waals surface area contributed by atoms with Gasteiger partial charge in [0.05, 0.1) is 19.5 Å². The van der Waals surface area contributed by atoms with Crippen LogP contribution in [-0.4, -0.2) is 45.7 Å². The molecule has 0 amide bonds. The van der Waals surface area contributed by atoms with Crippen LogP contribution in [0.1, 0.15) is 32.3 Å². The zero-order valence-corrected chi connectivity index (χ0v) is 14.5. The summed E-state index contributed by atoms with van der Waals surface area (Å²) < 4.78 is 11.3. The molecule has 6 heteroatoms. The van der Waals surface area contributed by atoms with Gasteiger partial charge in [0.15, 0.2) is 17.2 Å². The standard InChI is InChI=1S/C19H24O6/c1-3-15(21)18(23)10-11-25-19(13-20,16(22)4-2)17(18)24-12-14-8-6-5-7-9-14/h5-11,17,20,23H,3-4,12-13H2,1-2H3/t17-,18+,19+/m1/s1. The van der Waals surface area contributed by atoms with Crippen LogP contribution in [0.5, 0.6) is 0 Å². The van der Waals surface area contributed by atoms with Gasteiger partial charge in [-0.15, -0.1) is 0 Å². The van der Waals surface area contributed by atoms with Crippen molar-refractivity contribution in [2.75, 3.05) is 6.61 Å². The molecule has 6 nitrogen and oxygen atoms in total. The lowest BCUT2D eigenvalue weighted by Crippen LogP contribution is -2.67. The third-order valence-electron chi connectivity index (χ3n) is 4.48. The van der Waals surface area contributed by atoms with Gasteiger partial charge < -0.3 is 19.7 Å². The van der Waals surface area contributed by atoms with Gasteiger partial charge in [0, 0.05) is 12.8 Å². The van der Waals surface area contributed by atoms with Gasteiger partial charge in [-0.2, -0.15) is 0 Å². The van der Waals surface area contributed by atoms with Crippen molar-refractivity contribution in [1.29, 1.82) is 0 Å². The highest BCUT2D eigenvalue weighted by Gasteiger charge is 2.60. The molecule has 0 saturated heterocycles. The summed E-state index contributed by atoms with van der Waals surface area (Å²) in [5.74, 6) is -0.952. The van der Waals surface area contributed by atoms with Gasteiger partial charge in [0.1, 0.15) is 6.10 Å². The summed E-state index contributed by atoms with van der Waals surface area (Å²) in [6.07, 6.45) is 1.05. The molecule has 2 N–H and O–H groups in total. The molecule has 0 unspecified atom stereocenters. The molecule has 1 aromatic carbocycles. The fourth-order valence-corrected chi connectivity index (χ4v) is 3.02. The molecule has 0 bridgehead atoms. The van der Waals surface area contributed by atoms with E-state index in [1.54, 1.807) is 13.8 Å². The Kier molecular flexibility index (Phi) is 6.11. The average Bonchev–Trinajstić information content (AvgIpc) is 2.66. The molecule has 0 radical (unpaired) electrons. The number of carbonyl (C=O) groups is 2. The van der Waals surface area contributed by atoms with E-state index in [0.717, 1.165) is 11.8 Å². The Bertz CT molecular complexity index is 641. The molecule has 1 aliphatic rings. The number of hydrogen-bond donors (Lipinski definition) is 2. The van der Waals surface area contributed by atoms with E-state index in [4.69, 9.17) is 9.47 Å². The van der Waals surface area contributed by atoms with E-state index >= 15 is 0 Å². The van der Waals surface area contributed by atoms with Gasteiger partial charge in [0.2, 0.25) is 5.60 Å². The number of rotatable bonds is 8. The zero-order chi connectivity index (χ0) is 18.5. The molecule has 0 saturated carbocycles. The number of benzene rings is 1. The minimum Gasteiger partial charge on any atom is -0.482 e. The average molecular weight is 348 g/mol. The van der Waals surface area contributed by atoms with Crippen LogP contribution >= 0.6 is 0 Å². The van der Waals surface area contributed by atoms with Gasteiger partial charge >= 0.3 is 0 Å². The normalized spacial score (nSPS) is 28.4. The minimum atomic E-state index is -2.05. The fourth-order valence-electron chi connectivity index (χ4n) is 3.02. The van der Waals surface area contributed by atoms with Crippen LogP contribution in [0, 0.1) is 0 Å². The Balaban J connectivity index is 2.43. The van der Waals surface area contributed by atoms with Gasteiger partial charge in [0.25, 0.3) is 0 Å². The Morgan fingerprint density at radius 3 is 2.36 bits per heavy atom. The molecule has 3 atom stereocenters. The monoisotopic (exact) mass is 348 g/mol. The fraction of sp³-hybridized carbons (Fsp3) is 0.474. The lowest BCUT2D eigenvalue weighted by molar-refractivity contribution is -0.211. The summed E-state index contributed by atoms with van der Waals surface area (Å²) >= 11 is 0. The Morgan fingerprint density at radius 2 is 1.80 bits per heavy atom. The molecule has 0 aliphatic carbocycles. The quantitative estimate of drug-likeness (QED) is 0.740. The summed E-state index contributed by atoms with van der Waals surface area (Å²) in [5, 5.41) is 20.9. The third kappa shape index (κ3) is 3.51. The predicted molar refractivity (Wildman–Crippen MR) is 90.6 cm³/mol. The molecule has 136 valence electrons. The molecule has 25 heavy (non-hydrogen) atoms. The topological polar surface area (TPSA) is 93.1 Å². The maximum Gasteiger partial charge on any atom is 0.218 e. The molecular formula is C19H24O6. The predicted octanol–water partition coefficient (Wildman–Crippen LogP) is 1.54. The van der Waals surface area contributed by atoms with Gasteiger partial charge in [-0.05, 0) is 11.6 Å². The van der Waals surface area contributed by atoms with E-state index in [1.807, 2.05) is 30.3 Å². The third-order valence-corrected chi connectivity index (χ3v) is 4.48. The lowest BCUT2D eigenvalue weighted by atomic mass is 9.76. The number of ether oxygens (including phenoxy) is 2. The molecule has 1 aliphatic heterocycles. The highest BCUT2D eigenvalue weighted by Crippen LogP contribution is 2.36. The van der Waals surface area contributed by atoms with E-state index in [1.165, 1.54) is 6.08 Å².